The Morgan fingerprint density at radius 3 is 2.56 bits per heavy atom. The SMILES string of the molecule is C[C@@H](NC(=O)CCN1C(=O)CCC1=O)c1nnnn1-c1ccccc1. The largest absolute Gasteiger partial charge is 0.346 e. The van der Waals surface area contributed by atoms with Crippen LogP contribution in [0.15, 0.2) is 30.3 Å². The normalized spacial score (nSPS) is 15.5. The molecule has 2 aromatic rings. The van der Waals surface area contributed by atoms with Crippen LogP contribution in [0.4, 0.5) is 0 Å². The smallest absolute Gasteiger partial charge is 0.229 e. The van der Waals surface area contributed by atoms with Gasteiger partial charge in [-0.25, -0.2) is 0 Å². The van der Waals surface area contributed by atoms with Gasteiger partial charge >= 0.3 is 0 Å². The van der Waals surface area contributed by atoms with E-state index in [0.717, 1.165) is 10.6 Å². The number of carbonyl (C=O) groups excluding carboxylic acids is 3. The molecule has 1 N–H and O–H groups in total. The van der Waals surface area contributed by atoms with Crippen LogP contribution in [0.3, 0.4) is 0 Å². The van der Waals surface area contributed by atoms with Crippen LogP contribution in [0.5, 0.6) is 0 Å². The molecule has 1 aromatic heterocycles. The van der Waals surface area contributed by atoms with E-state index in [1.807, 2.05) is 30.3 Å². The Balaban J connectivity index is 1.60. The van der Waals surface area contributed by atoms with E-state index >= 15 is 0 Å². The summed E-state index contributed by atoms with van der Waals surface area (Å²) in [4.78, 5) is 36.4. The maximum absolute atomic E-state index is 12.1. The average Bonchev–Trinajstić information content (AvgIpc) is 3.21. The second-order valence-corrected chi connectivity index (χ2v) is 5.76. The molecule has 1 aromatic carbocycles. The van der Waals surface area contributed by atoms with E-state index in [0.29, 0.717) is 5.82 Å². The van der Waals surface area contributed by atoms with Crippen LogP contribution in [-0.4, -0.2) is 49.4 Å². The second kappa shape index (κ2) is 7.20. The van der Waals surface area contributed by atoms with E-state index in [1.165, 1.54) is 0 Å². The highest BCUT2D eigenvalue weighted by Gasteiger charge is 2.29. The van der Waals surface area contributed by atoms with Crippen molar-refractivity contribution in [2.24, 2.45) is 0 Å². The van der Waals surface area contributed by atoms with Gasteiger partial charge in [0.2, 0.25) is 17.7 Å². The number of para-hydroxylation sites is 1. The lowest BCUT2D eigenvalue weighted by Crippen LogP contribution is -2.35. The summed E-state index contributed by atoms with van der Waals surface area (Å²) in [5, 5.41) is 14.4. The third kappa shape index (κ3) is 3.70. The molecule has 2 heterocycles. The number of likely N-dealkylation sites (tertiary alicyclic amines) is 1. The third-order valence-corrected chi connectivity index (χ3v) is 3.98. The number of carbonyl (C=O) groups is 3. The predicted octanol–water partition coefficient (Wildman–Crippen LogP) is 0.379. The monoisotopic (exact) mass is 342 g/mol. The summed E-state index contributed by atoms with van der Waals surface area (Å²) in [5.74, 6) is -0.228. The first-order valence-corrected chi connectivity index (χ1v) is 8.02. The summed E-state index contributed by atoms with van der Waals surface area (Å²) in [5.41, 5.74) is 0.789. The number of benzene rings is 1. The predicted molar refractivity (Wildman–Crippen MR) is 86.3 cm³/mol. The number of imide groups is 1. The third-order valence-electron chi connectivity index (χ3n) is 3.98. The van der Waals surface area contributed by atoms with Crippen LogP contribution < -0.4 is 5.32 Å². The minimum Gasteiger partial charge on any atom is -0.346 e. The van der Waals surface area contributed by atoms with Gasteiger partial charge in [0.05, 0.1) is 11.7 Å². The molecule has 0 unspecified atom stereocenters. The summed E-state index contributed by atoms with van der Waals surface area (Å²) >= 11 is 0. The average molecular weight is 342 g/mol. The lowest BCUT2D eigenvalue weighted by Gasteiger charge is -2.16. The molecule has 9 heteroatoms. The Hall–Kier alpha value is -3.10. The van der Waals surface area contributed by atoms with Crippen molar-refractivity contribution in [1.82, 2.24) is 30.4 Å². The first kappa shape index (κ1) is 16.7. The molecule has 0 aliphatic carbocycles. The van der Waals surface area contributed by atoms with Gasteiger partial charge in [0.15, 0.2) is 5.82 Å². The molecule has 0 bridgehead atoms. The van der Waals surface area contributed by atoms with E-state index in [1.54, 1.807) is 11.6 Å². The minimum atomic E-state index is -0.423. The number of hydrogen-bond donors (Lipinski definition) is 1. The van der Waals surface area contributed by atoms with Crippen molar-refractivity contribution >= 4 is 17.7 Å². The number of amides is 3. The van der Waals surface area contributed by atoms with Crippen LogP contribution in [0.2, 0.25) is 0 Å². The Kier molecular flexibility index (Phi) is 4.82. The first-order chi connectivity index (χ1) is 12.1. The highest BCUT2D eigenvalue weighted by Crippen LogP contribution is 2.15. The Morgan fingerprint density at radius 2 is 1.88 bits per heavy atom. The zero-order chi connectivity index (χ0) is 17.8. The van der Waals surface area contributed by atoms with E-state index in [9.17, 15) is 14.4 Å². The van der Waals surface area contributed by atoms with Gasteiger partial charge in [-0.1, -0.05) is 18.2 Å². The fraction of sp³-hybridized carbons (Fsp3) is 0.375. The molecule has 3 rings (SSSR count). The zero-order valence-corrected chi connectivity index (χ0v) is 13.8. The van der Waals surface area contributed by atoms with Gasteiger partial charge in [0.1, 0.15) is 0 Å². The summed E-state index contributed by atoms with van der Waals surface area (Å²) in [7, 11) is 0. The molecule has 9 nitrogen and oxygen atoms in total. The van der Waals surface area contributed by atoms with Crippen molar-refractivity contribution in [2.75, 3.05) is 6.54 Å². The second-order valence-electron chi connectivity index (χ2n) is 5.76. The summed E-state index contributed by atoms with van der Waals surface area (Å²) in [6.07, 6.45) is 0.500. The summed E-state index contributed by atoms with van der Waals surface area (Å²) in [6, 6.07) is 8.92. The van der Waals surface area contributed by atoms with Crippen molar-refractivity contribution < 1.29 is 14.4 Å². The summed E-state index contributed by atoms with van der Waals surface area (Å²) < 4.78 is 1.55. The lowest BCUT2D eigenvalue weighted by molar-refractivity contribution is -0.138. The van der Waals surface area contributed by atoms with Crippen LogP contribution in [-0.2, 0) is 14.4 Å². The van der Waals surface area contributed by atoms with Gasteiger partial charge in [-0.15, -0.1) is 5.10 Å². The van der Waals surface area contributed by atoms with Crippen molar-refractivity contribution in [3.05, 3.63) is 36.2 Å². The van der Waals surface area contributed by atoms with Crippen LogP contribution in [0, 0.1) is 0 Å². The molecular weight excluding hydrogens is 324 g/mol. The van der Waals surface area contributed by atoms with Gasteiger partial charge < -0.3 is 5.32 Å². The lowest BCUT2D eigenvalue weighted by atomic mass is 10.2. The highest BCUT2D eigenvalue weighted by molar-refractivity contribution is 6.02. The quantitative estimate of drug-likeness (QED) is 0.760. The number of tetrazole rings is 1. The van der Waals surface area contributed by atoms with Crippen molar-refractivity contribution in [2.45, 2.75) is 32.2 Å². The zero-order valence-electron chi connectivity index (χ0n) is 13.8. The molecule has 3 amide bonds. The molecule has 1 saturated heterocycles. The molecule has 25 heavy (non-hydrogen) atoms. The number of nitrogens with zero attached hydrogens (tertiary/aromatic N) is 5. The van der Waals surface area contributed by atoms with E-state index in [2.05, 4.69) is 20.8 Å². The Morgan fingerprint density at radius 1 is 1.20 bits per heavy atom. The van der Waals surface area contributed by atoms with E-state index < -0.39 is 6.04 Å². The maximum atomic E-state index is 12.1. The van der Waals surface area contributed by atoms with E-state index in [-0.39, 0.29) is 43.5 Å². The standard InChI is InChI=1S/C16H18N6O3/c1-11(16-18-19-20-22(16)12-5-3-2-4-6-12)17-13(23)9-10-21-14(24)7-8-15(21)25/h2-6,11H,7-10H2,1H3,(H,17,23)/t11-/m1/s1. The van der Waals surface area contributed by atoms with Crippen LogP contribution in [0.25, 0.3) is 5.69 Å². The highest BCUT2D eigenvalue weighted by atomic mass is 16.2. The first-order valence-electron chi connectivity index (χ1n) is 8.02. The molecule has 130 valence electrons. The fourth-order valence-electron chi connectivity index (χ4n) is 2.68. The van der Waals surface area contributed by atoms with Gasteiger partial charge in [0, 0.05) is 25.8 Å². The molecule has 1 aliphatic heterocycles. The van der Waals surface area contributed by atoms with Crippen LogP contribution in [0.1, 0.15) is 38.1 Å². The van der Waals surface area contributed by atoms with Crippen molar-refractivity contribution in [3.63, 3.8) is 0 Å². The van der Waals surface area contributed by atoms with Gasteiger partial charge in [-0.2, -0.15) is 4.68 Å². The van der Waals surface area contributed by atoms with Gasteiger partial charge in [-0.3, -0.25) is 19.3 Å². The Bertz CT molecular complexity index is 772. The molecule has 0 saturated carbocycles. The molecule has 0 radical (unpaired) electrons. The Labute approximate surface area is 144 Å². The fourth-order valence-corrected chi connectivity index (χ4v) is 2.68. The number of rotatable bonds is 6. The van der Waals surface area contributed by atoms with Crippen molar-refractivity contribution in [3.8, 4) is 5.69 Å². The number of hydrogen-bond acceptors (Lipinski definition) is 6. The molecule has 0 spiro atoms. The number of aromatic nitrogens is 4. The molecule has 1 aliphatic rings. The van der Waals surface area contributed by atoms with Gasteiger partial charge in [0.25, 0.3) is 0 Å². The molecule has 1 atom stereocenters. The molecule has 1 fully saturated rings. The topological polar surface area (TPSA) is 110 Å². The maximum Gasteiger partial charge on any atom is 0.229 e. The van der Waals surface area contributed by atoms with Gasteiger partial charge in [-0.05, 0) is 29.5 Å². The van der Waals surface area contributed by atoms with E-state index in [4.69, 9.17) is 0 Å². The van der Waals surface area contributed by atoms with Crippen LogP contribution >= 0.6 is 0 Å². The van der Waals surface area contributed by atoms with Crippen molar-refractivity contribution in [1.29, 1.82) is 0 Å². The molecular formula is C16H18N6O3. The summed E-state index contributed by atoms with van der Waals surface area (Å²) in [6.45, 7) is 1.87. The number of nitrogens with one attached hydrogen (secondary N) is 1. The minimum absolute atomic E-state index is 0.0503.